The summed E-state index contributed by atoms with van der Waals surface area (Å²) in [6, 6.07) is 13.2. The molecule has 0 spiro atoms. The van der Waals surface area contributed by atoms with Crippen LogP contribution in [-0.4, -0.2) is 22.8 Å². The summed E-state index contributed by atoms with van der Waals surface area (Å²) in [6.45, 7) is 0.156. The number of thiophene rings is 1. The van der Waals surface area contributed by atoms with Crippen molar-refractivity contribution in [2.24, 2.45) is 0 Å². The van der Waals surface area contributed by atoms with E-state index in [0.29, 0.717) is 11.4 Å². The SMILES string of the molecule is COc1ccccc1NC(=O)Cn1ccc(-c2cccs2)n1. The Kier molecular flexibility index (Phi) is 4.20. The number of carbonyl (C=O) groups is 1. The number of nitrogens with zero attached hydrogens (tertiary/aromatic N) is 2. The van der Waals surface area contributed by atoms with Crippen molar-refractivity contribution in [3.8, 4) is 16.3 Å². The van der Waals surface area contributed by atoms with Crippen LogP contribution in [0.3, 0.4) is 0 Å². The van der Waals surface area contributed by atoms with E-state index in [4.69, 9.17) is 4.74 Å². The van der Waals surface area contributed by atoms with Gasteiger partial charge in [-0.15, -0.1) is 11.3 Å². The molecule has 2 heterocycles. The molecule has 0 bridgehead atoms. The molecule has 0 radical (unpaired) electrons. The van der Waals surface area contributed by atoms with Gasteiger partial charge in [-0.25, -0.2) is 0 Å². The molecule has 0 aliphatic heterocycles. The molecule has 22 heavy (non-hydrogen) atoms. The van der Waals surface area contributed by atoms with Crippen LogP contribution in [0.2, 0.25) is 0 Å². The van der Waals surface area contributed by atoms with Crippen LogP contribution in [0.25, 0.3) is 10.6 Å². The number of rotatable bonds is 5. The molecule has 6 heteroatoms. The number of hydrogen-bond donors (Lipinski definition) is 1. The van der Waals surface area contributed by atoms with E-state index in [1.54, 1.807) is 41.5 Å². The van der Waals surface area contributed by atoms with Crippen molar-refractivity contribution in [3.63, 3.8) is 0 Å². The minimum atomic E-state index is -0.148. The second-order valence-electron chi connectivity index (χ2n) is 4.62. The number of anilines is 1. The standard InChI is InChI=1S/C16H15N3O2S/c1-21-14-6-3-2-5-12(14)17-16(20)11-19-9-8-13(18-19)15-7-4-10-22-15/h2-10H,11H2,1H3,(H,17,20). The zero-order chi connectivity index (χ0) is 15.4. The van der Waals surface area contributed by atoms with Crippen LogP contribution >= 0.6 is 11.3 Å². The van der Waals surface area contributed by atoms with E-state index < -0.39 is 0 Å². The highest BCUT2D eigenvalue weighted by atomic mass is 32.1. The molecule has 0 saturated heterocycles. The third-order valence-electron chi connectivity index (χ3n) is 3.10. The Morgan fingerprint density at radius 3 is 2.91 bits per heavy atom. The fourth-order valence-corrected chi connectivity index (χ4v) is 2.78. The first-order chi connectivity index (χ1) is 10.8. The molecule has 5 nitrogen and oxygen atoms in total. The van der Waals surface area contributed by atoms with E-state index in [1.807, 2.05) is 35.7 Å². The van der Waals surface area contributed by atoms with Gasteiger partial charge in [-0.05, 0) is 29.6 Å². The van der Waals surface area contributed by atoms with Crippen molar-refractivity contribution in [1.82, 2.24) is 9.78 Å². The number of nitrogens with one attached hydrogen (secondary N) is 1. The fraction of sp³-hybridized carbons (Fsp3) is 0.125. The van der Waals surface area contributed by atoms with Gasteiger partial charge in [-0.3, -0.25) is 9.48 Å². The van der Waals surface area contributed by atoms with E-state index in [0.717, 1.165) is 10.6 Å². The maximum atomic E-state index is 12.1. The first kappa shape index (κ1) is 14.3. The number of methoxy groups -OCH3 is 1. The zero-order valence-electron chi connectivity index (χ0n) is 12.0. The number of aromatic nitrogens is 2. The number of para-hydroxylation sites is 2. The highest BCUT2D eigenvalue weighted by Crippen LogP contribution is 2.24. The van der Waals surface area contributed by atoms with Gasteiger partial charge >= 0.3 is 0 Å². The maximum absolute atomic E-state index is 12.1. The molecule has 0 saturated carbocycles. The van der Waals surface area contributed by atoms with Crippen LogP contribution in [0.1, 0.15) is 0 Å². The first-order valence-corrected chi connectivity index (χ1v) is 7.64. The molecule has 1 N–H and O–H groups in total. The molecule has 3 rings (SSSR count). The highest BCUT2D eigenvalue weighted by Gasteiger charge is 2.09. The topological polar surface area (TPSA) is 56.1 Å². The minimum Gasteiger partial charge on any atom is -0.495 e. The molecule has 0 atom stereocenters. The zero-order valence-corrected chi connectivity index (χ0v) is 12.8. The van der Waals surface area contributed by atoms with E-state index in [2.05, 4.69) is 10.4 Å². The number of ether oxygens (including phenoxy) is 1. The number of carbonyl (C=O) groups excluding carboxylic acids is 1. The highest BCUT2D eigenvalue weighted by molar-refractivity contribution is 7.13. The Hall–Kier alpha value is -2.60. The summed E-state index contributed by atoms with van der Waals surface area (Å²) in [5.41, 5.74) is 1.53. The van der Waals surface area contributed by atoms with Crippen molar-refractivity contribution < 1.29 is 9.53 Å². The summed E-state index contributed by atoms with van der Waals surface area (Å²) in [5.74, 6) is 0.487. The predicted molar refractivity (Wildman–Crippen MR) is 87.2 cm³/mol. The average Bonchev–Trinajstić information content (AvgIpc) is 3.18. The maximum Gasteiger partial charge on any atom is 0.246 e. The van der Waals surface area contributed by atoms with Crippen LogP contribution in [0.15, 0.2) is 54.0 Å². The molecular formula is C16H15N3O2S. The van der Waals surface area contributed by atoms with Gasteiger partial charge in [0.25, 0.3) is 0 Å². The molecule has 1 amide bonds. The number of hydrogen-bond acceptors (Lipinski definition) is 4. The lowest BCUT2D eigenvalue weighted by atomic mass is 10.3. The normalized spacial score (nSPS) is 10.4. The summed E-state index contributed by atoms with van der Waals surface area (Å²) >= 11 is 1.62. The van der Waals surface area contributed by atoms with Gasteiger partial charge in [0.1, 0.15) is 18.0 Å². The summed E-state index contributed by atoms with van der Waals surface area (Å²) in [4.78, 5) is 13.2. The van der Waals surface area contributed by atoms with Crippen LogP contribution in [0.4, 0.5) is 5.69 Å². The van der Waals surface area contributed by atoms with Crippen LogP contribution in [-0.2, 0) is 11.3 Å². The van der Waals surface area contributed by atoms with E-state index >= 15 is 0 Å². The van der Waals surface area contributed by atoms with Crippen LogP contribution in [0, 0.1) is 0 Å². The lowest BCUT2D eigenvalue weighted by molar-refractivity contribution is -0.116. The molecule has 0 fully saturated rings. The van der Waals surface area contributed by atoms with Gasteiger partial charge < -0.3 is 10.1 Å². The molecule has 0 unspecified atom stereocenters. The van der Waals surface area contributed by atoms with Crippen LogP contribution in [0.5, 0.6) is 5.75 Å². The fourth-order valence-electron chi connectivity index (χ4n) is 2.09. The molecule has 1 aromatic carbocycles. The van der Waals surface area contributed by atoms with Gasteiger partial charge in [0.15, 0.2) is 0 Å². The van der Waals surface area contributed by atoms with E-state index in [9.17, 15) is 4.79 Å². The Morgan fingerprint density at radius 1 is 1.27 bits per heavy atom. The molecule has 0 aliphatic rings. The molecule has 2 aromatic heterocycles. The van der Waals surface area contributed by atoms with Gasteiger partial charge in [0.2, 0.25) is 5.91 Å². The van der Waals surface area contributed by atoms with Gasteiger partial charge in [0.05, 0.1) is 17.7 Å². The molecule has 0 aliphatic carbocycles. The number of benzene rings is 1. The lowest BCUT2D eigenvalue weighted by Gasteiger charge is -2.09. The third kappa shape index (κ3) is 3.17. The molecular weight excluding hydrogens is 298 g/mol. The quantitative estimate of drug-likeness (QED) is 0.786. The van der Waals surface area contributed by atoms with E-state index in [-0.39, 0.29) is 12.5 Å². The molecule has 3 aromatic rings. The lowest BCUT2D eigenvalue weighted by Crippen LogP contribution is -2.19. The van der Waals surface area contributed by atoms with E-state index in [1.165, 1.54) is 0 Å². The summed E-state index contributed by atoms with van der Waals surface area (Å²) in [7, 11) is 1.58. The smallest absolute Gasteiger partial charge is 0.246 e. The summed E-state index contributed by atoms with van der Waals surface area (Å²) in [5, 5.41) is 9.25. The van der Waals surface area contributed by atoms with Crippen molar-refractivity contribution in [3.05, 3.63) is 54.0 Å². The third-order valence-corrected chi connectivity index (χ3v) is 3.99. The van der Waals surface area contributed by atoms with Crippen LogP contribution < -0.4 is 10.1 Å². The van der Waals surface area contributed by atoms with Gasteiger partial charge in [0, 0.05) is 6.20 Å². The van der Waals surface area contributed by atoms with Crippen molar-refractivity contribution in [2.75, 3.05) is 12.4 Å². The minimum absolute atomic E-state index is 0.148. The van der Waals surface area contributed by atoms with Gasteiger partial charge in [-0.1, -0.05) is 18.2 Å². The Balaban J connectivity index is 1.67. The second-order valence-corrected chi connectivity index (χ2v) is 5.57. The van der Waals surface area contributed by atoms with Crippen molar-refractivity contribution >= 4 is 22.9 Å². The largest absolute Gasteiger partial charge is 0.495 e. The predicted octanol–water partition coefficient (Wildman–Crippen LogP) is 3.26. The first-order valence-electron chi connectivity index (χ1n) is 6.76. The monoisotopic (exact) mass is 313 g/mol. The average molecular weight is 313 g/mol. The van der Waals surface area contributed by atoms with Crippen molar-refractivity contribution in [1.29, 1.82) is 0 Å². The second kappa shape index (κ2) is 6.44. The summed E-state index contributed by atoms with van der Waals surface area (Å²) in [6.07, 6.45) is 1.80. The van der Waals surface area contributed by atoms with Gasteiger partial charge in [-0.2, -0.15) is 5.10 Å². The Labute approximate surface area is 132 Å². The Morgan fingerprint density at radius 2 is 2.14 bits per heavy atom. The number of amides is 1. The summed E-state index contributed by atoms with van der Waals surface area (Å²) < 4.78 is 6.84. The Bertz CT molecular complexity index is 765. The molecule has 112 valence electrons. The van der Waals surface area contributed by atoms with Crippen molar-refractivity contribution in [2.45, 2.75) is 6.54 Å².